The summed E-state index contributed by atoms with van der Waals surface area (Å²) < 4.78 is 0. The van der Waals surface area contributed by atoms with Gasteiger partial charge in [-0.25, -0.2) is 0 Å². The second-order valence-electron chi connectivity index (χ2n) is 5.33. The maximum atomic E-state index is 12.4. The molecule has 20 heavy (non-hydrogen) atoms. The van der Waals surface area contributed by atoms with E-state index in [0.29, 0.717) is 0 Å². The van der Waals surface area contributed by atoms with Crippen molar-refractivity contribution in [3.05, 3.63) is 65.2 Å². The lowest BCUT2D eigenvalue weighted by Gasteiger charge is -2.12. The lowest BCUT2D eigenvalue weighted by atomic mass is 10.0. The Hall–Kier alpha value is -2.09. The van der Waals surface area contributed by atoms with Crippen LogP contribution in [0.4, 0.5) is 5.69 Å². The molecule has 3 rings (SSSR count). The average molecular weight is 265 g/mol. The Morgan fingerprint density at radius 3 is 2.65 bits per heavy atom. The number of hydrogen-bond donors (Lipinski definition) is 1. The van der Waals surface area contributed by atoms with Crippen LogP contribution in [-0.4, -0.2) is 5.91 Å². The summed E-state index contributed by atoms with van der Waals surface area (Å²) in [7, 11) is 0. The number of hydrogen-bond acceptors (Lipinski definition) is 1. The molecule has 0 aliphatic heterocycles. The minimum atomic E-state index is -0.00273. The van der Waals surface area contributed by atoms with E-state index in [4.69, 9.17) is 0 Å². The molecule has 1 aliphatic carbocycles. The third-order valence-corrected chi connectivity index (χ3v) is 4.08. The van der Waals surface area contributed by atoms with Crippen LogP contribution in [-0.2, 0) is 17.6 Å². The quantitative estimate of drug-likeness (QED) is 0.895. The number of rotatable bonds is 3. The number of benzene rings is 2. The predicted molar refractivity (Wildman–Crippen MR) is 82.0 cm³/mol. The molecule has 2 aromatic rings. The lowest BCUT2D eigenvalue weighted by Crippen LogP contribution is -2.19. The number of aryl methyl sites for hydroxylation is 2. The van der Waals surface area contributed by atoms with E-state index in [9.17, 15) is 4.79 Å². The van der Waals surface area contributed by atoms with Crippen LogP contribution in [0.1, 0.15) is 36.0 Å². The third-order valence-electron chi connectivity index (χ3n) is 4.08. The SMILES string of the molecule is CCc1ccc(NC(=O)C2CCc3ccccc32)cc1. The topological polar surface area (TPSA) is 29.1 Å². The molecule has 0 saturated carbocycles. The van der Waals surface area contributed by atoms with E-state index in [1.54, 1.807) is 0 Å². The maximum absolute atomic E-state index is 12.4. The molecule has 0 fully saturated rings. The van der Waals surface area contributed by atoms with E-state index in [-0.39, 0.29) is 11.8 Å². The highest BCUT2D eigenvalue weighted by atomic mass is 16.1. The van der Waals surface area contributed by atoms with Crippen LogP contribution in [0.3, 0.4) is 0 Å². The monoisotopic (exact) mass is 265 g/mol. The van der Waals surface area contributed by atoms with Crippen LogP contribution in [0, 0.1) is 0 Å². The first-order valence-electron chi connectivity index (χ1n) is 7.25. The van der Waals surface area contributed by atoms with Crippen molar-refractivity contribution in [1.29, 1.82) is 0 Å². The van der Waals surface area contributed by atoms with E-state index >= 15 is 0 Å². The average Bonchev–Trinajstić information content (AvgIpc) is 2.92. The van der Waals surface area contributed by atoms with Crippen molar-refractivity contribution in [2.45, 2.75) is 32.1 Å². The summed E-state index contributed by atoms with van der Waals surface area (Å²) >= 11 is 0. The molecule has 2 aromatic carbocycles. The molecular weight excluding hydrogens is 246 g/mol. The van der Waals surface area contributed by atoms with Crippen LogP contribution >= 0.6 is 0 Å². The van der Waals surface area contributed by atoms with Gasteiger partial charge in [0.2, 0.25) is 5.91 Å². The Balaban J connectivity index is 1.74. The second kappa shape index (κ2) is 5.49. The number of carbonyl (C=O) groups is 1. The molecule has 2 nitrogen and oxygen atoms in total. The van der Waals surface area contributed by atoms with Gasteiger partial charge in [-0.3, -0.25) is 4.79 Å². The molecule has 0 bridgehead atoms. The largest absolute Gasteiger partial charge is 0.326 e. The molecule has 1 aliphatic rings. The summed E-state index contributed by atoms with van der Waals surface area (Å²) in [6, 6.07) is 16.4. The van der Waals surface area contributed by atoms with E-state index in [1.807, 2.05) is 24.3 Å². The summed E-state index contributed by atoms with van der Waals surface area (Å²) in [6.07, 6.45) is 2.94. The summed E-state index contributed by atoms with van der Waals surface area (Å²) in [5, 5.41) is 3.04. The van der Waals surface area contributed by atoms with Crippen molar-refractivity contribution >= 4 is 11.6 Å². The van der Waals surface area contributed by atoms with Gasteiger partial charge in [0, 0.05) is 5.69 Å². The molecule has 1 N–H and O–H groups in total. The molecule has 102 valence electrons. The standard InChI is InChI=1S/C18H19NO/c1-2-13-7-10-15(11-8-13)19-18(20)17-12-9-14-5-3-4-6-16(14)17/h3-8,10-11,17H,2,9,12H2,1H3,(H,19,20). The molecule has 1 amide bonds. The van der Waals surface area contributed by atoms with Crippen LogP contribution < -0.4 is 5.32 Å². The number of anilines is 1. The first-order valence-corrected chi connectivity index (χ1v) is 7.25. The highest BCUT2D eigenvalue weighted by molar-refractivity contribution is 5.96. The van der Waals surface area contributed by atoms with E-state index < -0.39 is 0 Å². The number of amides is 1. The van der Waals surface area contributed by atoms with Gasteiger partial charge in [-0.2, -0.15) is 0 Å². The smallest absolute Gasteiger partial charge is 0.231 e. The van der Waals surface area contributed by atoms with Crippen molar-refractivity contribution < 1.29 is 4.79 Å². The van der Waals surface area contributed by atoms with Gasteiger partial charge in [-0.15, -0.1) is 0 Å². The fourth-order valence-electron chi connectivity index (χ4n) is 2.88. The normalized spacial score (nSPS) is 16.8. The van der Waals surface area contributed by atoms with Crippen molar-refractivity contribution in [1.82, 2.24) is 0 Å². The first kappa shape index (κ1) is 12.9. The van der Waals surface area contributed by atoms with Crippen LogP contribution in [0.5, 0.6) is 0 Å². The Bertz CT molecular complexity index is 616. The van der Waals surface area contributed by atoms with Crippen LogP contribution in [0.2, 0.25) is 0 Å². The van der Waals surface area contributed by atoms with Gasteiger partial charge < -0.3 is 5.32 Å². The third kappa shape index (κ3) is 2.46. The van der Waals surface area contributed by atoms with Gasteiger partial charge in [0.15, 0.2) is 0 Å². The number of carbonyl (C=O) groups excluding carboxylic acids is 1. The Morgan fingerprint density at radius 1 is 1.15 bits per heavy atom. The minimum absolute atomic E-state index is 0.00273. The fraction of sp³-hybridized carbons (Fsp3) is 0.278. The molecule has 0 spiro atoms. The molecule has 0 aromatic heterocycles. The van der Waals surface area contributed by atoms with E-state index in [1.165, 1.54) is 16.7 Å². The van der Waals surface area contributed by atoms with Crippen LogP contribution in [0.15, 0.2) is 48.5 Å². The van der Waals surface area contributed by atoms with Gasteiger partial charge in [0.25, 0.3) is 0 Å². The second-order valence-corrected chi connectivity index (χ2v) is 5.33. The highest BCUT2D eigenvalue weighted by Crippen LogP contribution is 2.33. The number of nitrogens with one attached hydrogen (secondary N) is 1. The molecule has 0 radical (unpaired) electrons. The molecule has 2 heteroatoms. The van der Waals surface area contributed by atoms with Gasteiger partial charge in [-0.05, 0) is 48.1 Å². The molecule has 0 heterocycles. The molecule has 0 saturated heterocycles. The Labute approximate surface area is 119 Å². The predicted octanol–water partition coefficient (Wildman–Crippen LogP) is 3.92. The van der Waals surface area contributed by atoms with Crippen molar-refractivity contribution in [3.63, 3.8) is 0 Å². The minimum Gasteiger partial charge on any atom is -0.326 e. The number of fused-ring (bicyclic) bond motifs is 1. The van der Waals surface area contributed by atoms with Crippen molar-refractivity contribution in [3.8, 4) is 0 Å². The summed E-state index contributed by atoms with van der Waals surface area (Å²) in [5.41, 5.74) is 4.68. The van der Waals surface area contributed by atoms with Gasteiger partial charge >= 0.3 is 0 Å². The van der Waals surface area contributed by atoms with Gasteiger partial charge in [-0.1, -0.05) is 43.3 Å². The highest BCUT2D eigenvalue weighted by Gasteiger charge is 2.28. The van der Waals surface area contributed by atoms with E-state index in [2.05, 4.69) is 36.5 Å². The lowest BCUT2D eigenvalue weighted by molar-refractivity contribution is -0.117. The zero-order valence-corrected chi connectivity index (χ0v) is 11.7. The zero-order valence-electron chi connectivity index (χ0n) is 11.7. The van der Waals surface area contributed by atoms with Crippen molar-refractivity contribution in [2.75, 3.05) is 5.32 Å². The Kier molecular flexibility index (Phi) is 3.55. The molecular formula is C18H19NO. The van der Waals surface area contributed by atoms with Crippen molar-refractivity contribution in [2.24, 2.45) is 0 Å². The molecule has 1 atom stereocenters. The summed E-state index contributed by atoms with van der Waals surface area (Å²) in [5.74, 6) is 0.108. The maximum Gasteiger partial charge on any atom is 0.231 e. The fourth-order valence-corrected chi connectivity index (χ4v) is 2.88. The summed E-state index contributed by atoms with van der Waals surface area (Å²) in [4.78, 5) is 12.4. The van der Waals surface area contributed by atoms with E-state index in [0.717, 1.165) is 24.9 Å². The molecule has 1 unspecified atom stereocenters. The van der Waals surface area contributed by atoms with Crippen LogP contribution in [0.25, 0.3) is 0 Å². The summed E-state index contributed by atoms with van der Waals surface area (Å²) in [6.45, 7) is 2.13. The van der Waals surface area contributed by atoms with Gasteiger partial charge in [0.05, 0.1) is 5.92 Å². The Morgan fingerprint density at radius 2 is 1.90 bits per heavy atom. The van der Waals surface area contributed by atoms with Gasteiger partial charge in [0.1, 0.15) is 0 Å². The zero-order chi connectivity index (χ0) is 13.9. The first-order chi connectivity index (χ1) is 9.78.